The second kappa shape index (κ2) is 15.8. The third kappa shape index (κ3) is 6.88. The van der Waals surface area contributed by atoms with Crippen molar-refractivity contribution < 1.29 is 13.2 Å². The molecule has 0 amide bonds. The Morgan fingerprint density at radius 2 is 1.18 bits per heavy atom. The van der Waals surface area contributed by atoms with Crippen molar-refractivity contribution in [2.45, 2.75) is 50.9 Å². The van der Waals surface area contributed by atoms with Crippen LogP contribution in [0.15, 0.2) is 218 Å². The van der Waals surface area contributed by atoms with E-state index in [1.165, 1.54) is 67.2 Å². The van der Waals surface area contributed by atoms with E-state index in [1.807, 2.05) is 13.0 Å². The lowest BCUT2D eigenvalue weighted by Gasteiger charge is -2.41. The molecular formula is C60H49F3N2. The Hall–Kier alpha value is -7.11. The molecule has 0 bridgehead atoms. The van der Waals surface area contributed by atoms with E-state index in [0.29, 0.717) is 0 Å². The maximum atomic E-state index is 14.0. The summed E-state index contributed by atoms with van der Waals surface area (Å²) in [6.45, 7) is 6.54. The molecule has 0 saturated heterocycles. The van der Waals surface area contributed by atoms with Gasteiger partial charge in [0.2, 0.25) is 0 Å². The predicted molar refractivity (Wildman–Crippen MR) is 265 cm³/mol. The van der Waals surface area contributed by atoms with Crippen LogP contribution >= 0.6 is 0 Å². The molecule has 11 rings (SSSR count). The number of benzene rings is 7. The van der Waals surface area contributed by atoms with Crippen LogP contribution in [0.3, 0.4) is 0 Å². The van der Waals surface area contributed by atoms with E-state index in [2.05, 4.69) is 206 Å². The van der Waals surface area contributed by atoms with Gasteiger partial charge in [-0.05, 0) is 128 Å². The molecule has 65 heavy (non-hydrogen) atoms. The Morgan fingerprint density at radius 3 is 1.80 bits per heavy atom. The molecule has 7 aromatic rings. The van der Waals surface area contributed by atoms with Crippen LogP contribution in [-0.4, -0.2) is 18.3 Å². The van der Waals surface area contributed by atoms with Crippen LogP contribution in [0, 0.1) is 11.8 Å². The molecule has 0 saturated carbocycles. The zero-order valence-corrected chi connectivity index (χ0v) is 36.7. The Kier molecular flexibility index (Phi) is 9.91. The summed E-state index contributed by atoms with van der Waals surface area (Å²) in [7, 11) is 0. The van der Waals surface area contributed by atoms with Crippen molar-refractivity contribution in [1.82, 2.24) is 0 Å². The van der Waals surface area contributed by atoms with E-state index < -0.39 is 23.2 Å². The van der Waals surface area contributed by atoms with Crippen LogP contribution < -0.4 is 9.80 Å². The average molecular weight is 855 g/mol. The third-order valence-electron chi connectivity index (χ3n) is 14.3. The number of alkyl halides is 3. The summed E-state index contributed by atoms with van der Waals surface area (Å²) in [6, 6.07) is 54.0. The van der Waals surface area contributed by atoms with Crippen LogP contribution in [0.25, 0.3) is 49.4 Å². The fourth-order valence-corrected chi connectivity index (χ4v) is 11.0. The first-order valence-electron chi connectivity index (χ1n) is 22.7. The van der Waals surface area contributed by atoms with Crippen LogP contribution in [0.4, 0.5) is 30.2 Å². The fourth-order valence-electron chi connectivity index (χ4n) is 11.0. The van der Waals surface area contributed by atoms with Crippen LogP contribution in [0.5, 0.6) is 0 Å². The SMILES string of the molecule is CC1CC(c2ccc3c(c2)C2(C)C=CC=CC2N3C2C=C(C(F)(F)F)C=CC2C)=CC=C1N(c1ccccc1)c1ccc(-c2c3ccccc3c(-c3ccccc3)c3ccccc23)cc1. The standard InChI is InChI=1S/C60H49F3N2/c1-39-25-30-45(60(61,62)63)38-55(39)65-54-34-29-44(37-52(54)59(3)35-15-14-24-56(59)65)43-28-33-53(40(2)36-43)64(46-18-8-5-9-19-46)47-31-26-42(27-32-47)58-50-22-12-10-20-48(50)57(41-16-6-4-7-17-41)49-21-11-13-23-51(49)58/h4-35,37-40,55-56H,36H2,1-3H3. The minimum absolute atomic E-state index is 0.0873. The van der Waals surface area contributed by atoms with Gasteiger partial charge in [-0.15, -0.1) is 0 Å². The number of rotatable bonds is 7. The normalized spacial score (nSPS) is 22.4. The minimum atomic E-state index is -4.40. The summed E-state index contributed by atoms with van der Waals surface area (Å²) in [5, 5.41) is 4.93. The van der Waals surface area contributed by atoms with Crippen molar-refractivity contribution >= 4 is 44.2 Å². The lowest BCUT2D eigenvalue weighted by molar-refractivity contribution is -0.0888. The molecule has 320 valence electrons. The molecule has 0 spiro atoms. The van der Waals surface area contributed by atoms with E-state index in [9.17, 15) is 13.2 Å². The summed E-state index contributed by atoms with van der Waals surface area (Å²) in [5.74, 6) is 0.0930. The Morgan fingerprint density at radius 1 is 0.615 bits per heavy atom. The Balaban J connectivity index is 0.966. The maximum Gasteiger partial charge on any atom is 0.416 e. The Bertz CT molecular complexity index is 3110. The van der Waals surface area contributed by atoms with Crippen molar-refractivity contribution in [3.63, 3.8) is 0 Å². The van der Waals surface area contributed by atoms with Gasteiger partial charge in [-0.25, -0.2) is 0 Å². The molecule has 1 heterocycles. The number of para-hydroxylation sites is 1. The molecule has 7 aromatic carbocycles. The minimum Gasteiger partial charge on any atom is -0.357 e. The first-order chi connectivity index (χ1) is 31.6. The molecule has 1 aliphatic heterocycles. The molecule has 0 radical (unpaired) electrons. The highest BCUT2D eigenvalue weighted by Gasteiger charge is 2.49. The zero-order valence-electron chi connectivity index (χ0n) is 36.7. The molecule has 0 aromatic heterocycles. The second-order valence-electron chi connectivity index (χ2n) is 18.3. The molecule has 5 heteroatoms. The number of hydrogen-bond donors (Lipinski definition) is 0. The molecular weight excluding hydrogens is 806 g/mol. The van der Waals surface area contributed by atoms with Gasteiger partial charge in [-0.2, -0.15) is 13.2 Å². The summed E-state index contributed by atoms with van der Waals surface area (Å²) >= 11 is 0. The number of allylic oxidation sites excluding steroid dienone is 8. The van der Waals surface area contributed by atoms with Gasteiger partial charge in [-0.1, -0.05) is 172 Å². The van der Waals surface area contributed by atoms with E-state index in [-0.39, 0.29) is 17.9 Å². The van der Waals surface area contributed by atoms with E-state index in [1.54, 1.807) is 6.08 Å². The number of fused-ring (bicyclic) bond motifs is 5. The van der Waals surface area contributed by atoms with Gasteiger partial charge in [0.05, 0.1) is 17.7 Å². The third-order valence-corrected chi connectivity index (χ3v) is 14.3. The molecule has 5 atom stereocenters. The average Bonchev–Trinajstić information content (AvgIpc) is 3.59. The van der Waals surface area contributed by atoms with Crippen molar-refractivity contribution in [1.29, 1.82) is 0 Å². The lowest BCUT2D eigenvalue weighted by Crippen LogP contribution is -2.49. The van der Waals surface area contributed by atoms with E-state index >= 15 is 0 Å². The second-order valence-corrected chi connectivity index (χ2v) is 18.3. The van der Waals surface area contributed by atoms with Crippen LogP contribution in [0.2, 0.25) is 0 Å². The topological polar surface area (TPSA) is 6.48 Å². The molecule has 0 N–H and O–H groups in total. The van der Waals surface area contributed by atoms with Crippen molar-refractivity contribution in [3.8, 4) is 22.3 Å². The monoisotopic (exact) mass is 854 g/mol. The van der Waals surface area contributed by atoms with Gasteiger partial charge in [0.1, 0.15) is 0 Å². The van der Waals surface area contributed by atoms with Gasteiger partial charge in [0.15, 0.2) is 0 Å². The number of anilines is 3. The van der Waals surface area contributed by atoms with Crippen LogP contribution in [-0.2, 0) is 5.41 Å². The summed E-state index contributed by atoms with van der Waals surface area (Å²) < 4.78 is 42.1. The van der Waals surface area contributed by atoms with Crippen molar-refractivity contribution in [2.75, 3.05) is 9.80 Å². The summed E-state index contributed by atoms with van der Waals surface area (Å²) in [6.07, 6.45) is 13.8. The Labute approximate surface area is 379 Å². The van der Waals surface area contributed by atoms with Gasteiger partial charge in [0.25, 0.3) is 0 Å². The smallest absolute Gasteiger partial charge is 0.357 e. The summed E-state index contributed by atoms with van der Waals surface area (Å²) in [4.78, 5) is 4.62. The summed E-state index contributed by atoms with van der Waals surface area (Å²) in [5.41, 5.74) is 11.8. The highest BCUT2D eigenvalue weighted by Crippen LogP contribution is 2.52. The quantitative estimate of drug-likeness (QED) is 0.147. The first-order valence-corrected chi connectivity index (χ1v) is 22.7. The number of nitrogens with zero attached hydrogens (tertiary/aromatic N) is 2. The highest BCUT2D eigenvalue weighted by atomic mass is 19.4. The van der Waals surface area contributed by atoms with E-state index in [4.69, 9.17) is 0 Å². The highest BCUT2D eigenvalue weighted by molar-refractivity contribution is 6.21. The first kappa shape index (κ1) is 40.7. The molecule has 5 unspecified atom stereocenters. The van der Waals surface area contributed by atoms with Gasteiger partial charge < -0.3 is 9.80 Å². The van der Waals surface area contributed by atoms with Gasteiger partial charge in [0, 0.05) is 34.1 Å². The largest absolute Gasteiger partial charge is 0.416 e. The molecule has 0 fully saturated rings. The maximum absolute atomic E-state index is 14.0. The lowest BCUT2D eigenvalue weighted by atomic mass is 9.75. The van der Waals surface area contributed by atoms with E-state index in [0.717, 1.165) is 34.6 Å². The number of hydrogen-bond acceptors (Lipinski definition) is 2. The van der Waals surface area contributed by atoms with Crippen LogP contribution in [0.1, 0.15) is 38.3 Å². The zero-order chi connectivity index (χ0) is 44.5. The molecule has 4 aliphatic rings. The number of halogens is 3. The van der Waals surface area contributed by atoms with Gasteiger partial charge >= 0.3 is 6.18 Å². The fraction of sp³-hybridized carbons (Fsp3) is 0.167. The van der Waals surface area contributed by atoms with Gasteiger partial charge in [-0.3, -0.25) is 0 Å². The van der Waals surface area contributed by atoms with Crippen molar-refractivity contribution in [3.05, 3.63) is 229 Å². The molecule has 3 aliphatic carbocycles. The van der Waals surface area contributed by atoms with Crippen molar-refractivity contribution in [2.24, 2.45) is 11.8 Å². The predicted octanol–water partition coefficient (Wildman–Crippen LogP) is 16.1. The molecule has 2 nitrogen and oxygen atoms in total.